The van der Waals surface area contributed by atoms with Crippen molar-refractivity contribution in [2.75, 3.05) is 0 Å². The van der Waals surface area contributed by atoms with Gasteiger partial charge in [-0.1, -0.05) is 12.1 Å². The van der Waals surface area contributed by atoms with Crippen molar-refractivity contribution in [2.45, 2.75) is 11.6 Å². The van der Waals surface area contributed by atoms with Gasteiger partial charge in [0.05, 0.1) is 0 Å². The van der Waals surface area contributed by atoms with E-state index in [1.807, 2.05) is 0 Å². The van der Waals surface area contributed by atoms with Gasteiger partial charge >= 0.3 is 23.5 Å². The van der Waals surface area contributed by atoms with Crippen LogP contribution in [0, 0.1) is 0 Å². The molecule has 4 nitrogen and oxygen atoms in total. The number of hydrogen-bond donors (Lipinski definition) is 0. The minimum Gasteiger partial charge on any atom is -0.417 e. The number of para-hydroxylation sites is 2. The van der Waals surface area contributed by atoms with E-state index >= 15 is 0 Å². The Morgan fingerprint density at radius 3 is 1.65 bits per heavy atom. The van der Waals surface area contributed by atoms with E-state index in [1.165, 1.54) is 0 Å². The lowest BCUT2D eigenvalue weighted by molar-refractivity contribution is -0.189. The third-order valence-corrected chi connectivity index (χ3v) is 1.87. The van der Waals surface area contributed by atoms with Gasteiger partial charge in [-0.2, -0.15) is 22.0 Å². The molecule has 0 N–H and O–H groups in total. The van der Waals surface area contributed by atoms with Crippen molar-refractivity contribution in [1.29, 1.82) is 0 Å². The van der Waals surface area contributed by atoms with E-state index in [-0.39, 0.29) is 0 Å². The predicted molar refractivity (Wildman–Crippen MR) is 54.6 cm³/mol. The average Bonchev–Trinajstić information content (AvgIpc) is 2.29. The van der Waals surface area contributed by atoms with E-state index < -0.39 is 35.0 Å². The first-order valence-electron chi connectivity index (χ1n) is 4.69. The highest BCUT2D eigenvalue weighted by atomic mass is 35.5. The van der Waals surface area contributed by atoms with Crippen LogP contribution in [0.2, 0.25) is 0 Å². The van der Waals surface area contributed by atoms with E-state index in [1.54, 1.807) is 0 Å². The highest BCUT2D eigenvalue weighted by molar-refractivity contribution is 6.31. The number of alkyl halides is 6. The molecule has 0 aliphatic carbocycles. The summed E-state index contributed by atoms with van der Waals surface area (Å²) in [6.45, 7) is 0. The summed E-state index contributed by atoms with van der Waals surface area (Å²) in [5, 5.41) is -4.37. The Morgan fingerprint density at radius 1 is 0.900 bits per heavy atom. The molecule has 1 aromatic rings. The fraction of sp³-hybridized carbons (Fsp3) is 0.200. The van der Waals surface area contributed by atoms with Gasteiger partial charge in [0.25, 0.3) is 0 Å². The second-order valence-electron chi connectivity index (χ2n) is 3.22. The van der Waals surface area contributed by atoms with E-state index in [0.717, 1.165) is 24.3 Å². The maximum absolute atomic E-state index is 12.4. The summed E-state index contributed by atoms with van der Waals surface area (Å²) < 4.78 is 68.7. The SMILES string of the molecule is O=C(Oc1ccccc1OC(=O)C(F)(F)Cl)C(F)(F)F. The number of halogens is 6. The zero-order valence-electron chi connectivity index (χ0n) is 9.21. The smallest absolute Gasteiger partial charge is 0.417 e. The fourth-order valence-corrected chi connectivity index (χ4v) is 0.973. The number of benzene rings is 1. The third kappa shape index (κ3) is 4.34. The quantitative estimate of drug-likeness (QED) is 0.372. The molecule has 0 aromatic heterocycles. The van der Waals surface area contributed by atoms with Crippen LogP contribution in [0.5, 0.6) is 11.5 Å². The van der Waals surface area contributed by atoms with Crippen LogP contribution < -0.4 is 9.47 Å². The van der Waals surface area contributed by atoms with Gasteiger partial charge in [-0.25, -0.2) is 9.59 Å². The summed E-state index contributed by atoms with van der Waals surface area (Å²) in [4.78, 5) is 21.4. The van der Waals surface area contributed by atoms with Crippen molar-refractivity contribution in [1.82, 2.24) is 0 Å². The molecule has 0 saturated heterocycles. The van der Waals surface area contributed by atoms with Gasteiger partial charge in [0.1, 0.15) is 0 Å². The Kier molecular flexibility index (Phi) is 4.53. The monoisotopic (exact) mass is 318 g/mol. The lowest BCUT2D eigenvalue weighted by atomic mass is 10.3. The molecule has 0 atom stereocenters. The van der Waals surface area contributed by atoms with Gasteiger partial charge in [0.2, 0.25) is 0 Å². The van der Waals surface area contributed by atoms with Crippen LogP contribution in [0.25, 0.3) is 0 Å². The fourth-order valence-electron chi connectivity index (χ4n) is 0.934. The van der Waals surface area contributed by atoms with Gasteiger partial charge in [0, 0.05) is 0 Å². The van der Waals surface area contributed by atoms with Gasteiger partial charge < -0.3 is 9.47 Å². The van der Waals surface area contributed by atoms with Crippen LogP contribution >= 0.6 is 11.6 Å². The number of carbonyl (C=O) groups is 2. The first-order chi connectivity index (χ1) is 9.01. The Bertz CT molecular complexity index is 476. The van der Waals surface area contributed by atoms with Crippen LogP contribution in [0.1, 0.15) is 0 Å². The van der Waals surface area contributed by atoms with Crippen molar-refractivity contribution in [2.24, 2.45) is 0 Å². The number of esters is 2. The number of rotatable bonds is 3. The zero-order valence-corrected chi connectivity index (χ0v) is 9.97. The Hall–Kier alpha value is -1.90. The van der Waals surface area contributed by atoms with Crippen molar-refractivity contribution >= 4 is 23.5 Å². The topological polar surface area (TPSA) is 52.6 Å². The first-order valence-corrected chi connectivity index (χ1v) is 5.06. The molecule has 0 fully saturated rings. The summed E-state index contributed by atoms with van der Waals surface area (Å²) in [5.74, 6) is -6.49. The summed E-state index contributed by atoms with van der Waals surface area (Å²) >= 11 is 4.37. The van der Waals surface area contributed by atoms with Gasteiger partial charge in [-0.15, -0.1) is 0 Å². The molecule has 110 valence electrons. The summed E-state index contributed by atoms with van der Waals surface area (Å²) in [7, 11) is 0. The Balaban J connectivity index is 2.95. The lowest BCUT2D eigenvalue weighted by Gasteiger charge is -2.12. The standard InChI is InChI=1S/C10H4ClF5O4/c11-9(12,13)7(17)19-5-3-1-2-4-6(5)20-8(18)10(14,15)16/h1-4H. The Labute approximate surface area is 113 Å². The normalized spacial score (nSPS) is 11.9. The molecule has 0 aliphatic heterocycles. The number of carbonyl (C=O) groups excluding carboxylic acids is 2. The van der Waals surface area contributed by atoms with Gasteiger partial charge in [-0.3, -0.25) is 0 Å². The molecule has 0 heterocycles. The zero-order chi connectivity index (χ0) is 15.6. The van der Waals surface area contributed by atoms with E-state index in [0.29, 0.717) is 0 Å². The lowest BCUT2D eigenvalue weighted by Crippen LogP contribution is -2.29. The van der Waals surface area contributed by atoms with Crippen LogP contribution in [0.3, 0.4) is 0 Å². The van der Waals surface area contributed by atoms with Crippen LogP contribution in [0.4, 0.5) is 22.0 Å². The van der Waals surface area contributed by atoms with Gasteiger partial charge in [0.15, 0.2) is 11.5 Å². The molecular formula is C10H4ClF5O4. The molecule has 0 aliphatic rings. The number of hydrogen-bond acceptors (Lipinski definition) is 4. The van der Waals surface area contributed by atoms with Gasteiger partial charge in [-0.05, 0) is 23.7 Å². The predicted octanol–water partition coefficient (Wildman–Crippen LogP) is 2.89. The van der Waals surface area contributed by atoms with Crippen LogP contribution in [-0.4, -0.2) is 23.5 Å². The highest BCUT2D eigenvalue weighted by Gasteiger charge is 2.42. The van der Waals surface area contributed by atoms with E-state index in [9.17, 15) is 31.5 Å². The molecule has 1 aromatic carbocycles. The molecule has 20 heavy (non-hydrogen) atoms. The Morgan fingerprint density at radius 2 is 1.30 bits per heavy atom. The maximum atomic E-state index is 12.4. The molecule has 10 heteroatoms. The van der Waals surface area contributed by atoms with Crippen molar-refractivity contribution in [3.63, 3.8) is 0 Å². The first kappa shape index (κ1) is 16.2. The summed E-state index contributed by atoms with van der Waals surface area (Å²) in [6, 6.07) is 3.95. The second kappa shape index (κ2) is 5.61. The van der Waals surface area contributed by atoms with Crippen molar-refractivity contribution in [3.8, 4) is 11.5 Å². The molecule has 0 amide bonds. The number of ether oxygens (including phenoxy) is 2. The van der Waals surface area contributed by atoms with E-state index in [2.05, 4.69) is 21.1 Å². The van der Waals surface area contributed by atoms with Crippen molar-refractivity contribution in [3.05, 3.63) is 24.3 Å². The van der Waals surface area contributed by atoms with Crippen LogP contribution in [0.15, 0.2) is 24.3 Å². The molecule has 0 saturated carbocycles. The van der Waals surface area contributed by atoms with Crippen LogP contribution in [-0.2, 0) is 9.59 Å². The average molecular weight is 319 g/mol. The summed E-state index contributed by atoms with van der Waals surface area (Å²) in [5.41, 5.74) is 0. The molecule has 0 bridgehead atoms. The van der Waals surface area contributed by atoms with E-state index in [4.69, 9.17) is 0 Å². The van der Waals surface area contributed by atoms with Crippen molar-refractivity contribution < 1.29 is 41.0 Å². The molecular weight excluding hydrogens is 315 g/mol. The third-order valence-electron chi connectivity index (χ3n) is 1.72. The molecule has 1 rings (SSSR count). The second-order valence-corrected chi connectivity index (χ2v) is 3.70. The largest absolute Gasteiger partial charge is 0.491 e. The minimum atomic E-state index is -5.30. The maximum Gasteiger partial charge on any atom is 0.491 e. The highest BCUT2D eigenvalue weighted by Crippen LogP contribution is 2.31. The molecule has 0 unspecified atom stereocenters. The summed E-state index contributed by atoms with van der Waals surface area (Å²) in [6.07, 6.45) is -5.30. The molecule has 0 radical (unpaired) electrons. The molecule has 0 spiro atoms. The minimum absolute atomic E-state index is 0.810.